The largest absolute Gasteiger partial charge is 0.497 e. The Morgan fingerprint density at radius 2 is 2.04 bits per heavy atom. The van der Waals surface area contributed by atoms with E-state index < -0.39 is 5.91 Å². The number of rotatable bonds is 4. The minimum Gasteiger partial charge on any atom is -0.497 e. The zero-order valence-electron chi connectivity index (χ0n) is 13.7. The quantitative estimate of drug-likeness (QED) is 0.617. The molecular weight excluding hydrogens is 368 g/mol. The van der Waals surface area contributed by atoms with E-state index in [-0.39, 0.29) is 5.57 Å². The molecule has 0 saturated heterocycles. The minimum atomic E-state index is -0.440. The van der Waals surface area contributed by atoms with E-state index in [0.29, 0.717) is 17.0 Å². The van der Waals surface area contributed by atoms with Crippen LogP contribution >= 0.6 is 15.9 Å². The van der Waals surface area contributed by atoms with Crippen molar-refractivity contribution in [2.45, 2.75) is 13.8 Å². The summed E-state index contributed by atoms with van der Waals surface area (Å²) in [6, 6.07) is 13.0. The fraction of sp³-hybridized carbons (Fsp3) is 0.158. The lowest BCUT2D eigenvalue weighted by Crippen LogP contribution is -2.14. The average molecular weight is 385 g/mol. The lowest BCUT2D eigenvalue weighted by molar-refractivity contribution is -0.112. The van der Waals surface area contributed by atoms with Crippen LogP contribution < -0.4 is 10.1 Å². The number of nitrogens with zero attached hydrogens (tertiary/aromatic N) is 1. The van der Waals surface area contributed by atoms with Crippen molar-refractivity contribution in [1.29, 1.82) is 5.26 Å². The predicted octanol–water partition coefficient (Wildman–Crippen LogP) is 4.62. The molecule has 0 aliphatic rings. The van der Waals surface area contributed by atoms with Crippen LogP contribution in [0.15, 0.2) is 46.4 Å². The van der Waals surface area contributed by atoms with Gasteiger partial charge in [0.25, 0.3) is 5.91 Å². The first-order valence-corrected chi connectivity index (χ1v) is 8.08. The van der Waals surface area contributed by atoms with E-state index in [2.05, 4.69) is 21.2 Å². The number of benzene rings is 2. The maximum absolute atomic E-state index is 12.4. The van der Waals surface area contributed by atoms with E-state index >= 15 is 0 Å². The first-order valence-electron chi connectivity index (χ1n) is 7.28. The second-order valence-corrected chi connectivity index (χ2v) is 6.21. The van der Waals surface area contributed by atoms with Gasteiger partial charge in [0.1, 0.15) is 17.4 Å². The molecule has 2 rings (SSSR count). The second kappa shape index (κ2) is 7.80. The minimum absolute atomic E-state index is 0.0241. The SMILES string of the molecule is COc1cc(Br)cc(/C=C(\C#N)C(=O)Nc2cccc(C)c2C)c1. The maximum atomic E-state index is 12.4. The maximum Gasteiger partial charge on any atom is 0.266 e. The molecule has 0 aliphatic carbocycles. The van der Waals surface area contributed by atoms with Crippen molar-refractivity contribution in [3.63, 3.8) is 0 Å². The highest BCUT2D eigenvalue weighted by atomic mass is 79.9. The number of halogens is 1. The van der Waals surface area contributed by atoms with Gasteiger partial charge in [0, 0.05) is 10.2 Å². The molecule has 0 bridgehead atoms. The van der Waals surface area contributed by atoms with Gasteiger partial charge in [-0.15, -0.1) is 0 Å². The highest BCUT2D eigenvalue weighted by Crippen LogP contribution is 2.23. The van der Waals surface area contributed by atoms with Gasteiger partial charge in [-0.2, -0.15) is 5.26 Å². The number of nitrogens with one attached hydrogen (secondary N) is 1. The standard InChI is InChI=1S/C19H17BrN2O2/c1-12-5-4-6-18(13(12)2)22-19(23)15(11-21)7-14-8-16(20)10-17(9-14)24-3/h4-10H,1-3H3,(H,22,23)/b15-7+. The molecule has 0 unspecified atom stereocenters. The zero-order valence-corrected chi connectivity index (χ0v) is 15.3. The number of nitriles is 1. The first-order chi connectivity index (χ1) is 11.4. The van der Waals surface area contributed by atoms with Gasteiger partial charge in [0.15, 0.2) is 0 Å². The fourth-order valence-electron chi connectivity index (χ4n) is 2.18. The highest BCUT2D eigenvalue weighted by Gasteiger charge is 2.12. The van der Waals surface area contributed by atoms with Crippen molar-refractivity contribution in [3.8, 4) is 11.8 Å². The Bertz CT molecular complexity index is 851. The summed E-state index contributed by atoms with van der Waals surface area (Å²) >= 11 is 3.38. The number of aryl methyl sites for hydroxylation is 1. The van der Waals surface area contributed by atoms with Crippen LogP contribution in [0.25, 0.3) is 6.08 Å². The number of ether oxygens (including phenoxy) is 1. The van der Waals surface area contributed by atoms with Crippen molar-refractivity contribution in [3.05, 3.63) is 63.1 Å². The zero-order chi connectivity index (χ0) is 17.7. The van der Waals surface area contributed by atoms with Crippen molar-refractivity contribution in [2.24, 2.45) is 0 Å². The Hall–Kier alpha value is -2.58. The van der Waals surface area contributed by atoms with Crippen LogP contribution in [-0.2, 0) is 4.79 Å². The summed E-state index contributed by atoms with van der Waals surface area (Å²) < 4.78 is 6.00. The van der Waals surface area contributed by atoms with Gasteiger partial charge < -0.3 is 10.1 Å². The van der Waals surface area contributed by atoms with Crippen LogP contribution in [0.1, 0.15) is 16.7 Å². The summed E-state index contributed by atoms with van der Waals surface area (Å²) in [6.45, 7) is 3.90. The summed E-state index contributed by atoms with van der Waals surface area (Å²) in [4.78, 5) is 12.4. The van der Waals surface area contributed by atoms with Gasteiger partial charge in [-0.3, -0.25) is 4.79 Å². The normalized spacial score (nSPS) is 10.9. The molecule has 0 aromatic heterocycles. The fourth-order valence-corrected chi connectivity index (χ4v) is 2.67. The van der Waals surface area contributed by atoms with Crippen molar-refractivity contribution < 1.29 is 9.53 Å². The number of amides is 1. The number of hydrogen-bond donors (Lipinski definition) is 1. The van der Waals surface area contributed by atoms with Gasteiger partial charge in [0.05, 0.1) is 7.11 Å². The predicted molar refractivity (Wildman–Crippen MR) is 98.8 cm³/mol. The molecule has 2 aromatic carbocycles. The molecule has 0 radical (unpaired) electrons. The summed E-state index contributed by atoms with van der Waals surface area (Å²) in [7, 11) is 1.56. The molecule has 0 heterocycles. The van der Waals surface area contributed by atoms with E-state index in [1.807, 2.05) is 44.2 Å². The third-order valence-electron chi connectivity index (χ3n) is 3.66. The highest BCUT2D eigenvalue weighted by molar-refractivity contribution is 9.10. The Labute approximate surface area is 149 Å². The molecule has 2 aromatic rings. The molecule has 1 amide bonds. The van der Waals surface area contributed by atoms with Crippen LogP contribution in [-0.4, -0.2) is 13.0 Å². The average Bonchev–Trinajstić information content (AvgIpc) is 2.56. The molecule has 5 heteroatoms. The van der Waals surface area contributed by atoms with E-state index in [0.717, 1.165) is 15.6 Å². The molecule has 0 fully saturated rings. The van der Waals surface area contributed by atoms with Crippen molar-refractivity contribution in [1.82, 2.24) is 0 Å². The number of anilines is 1. The topological polar surface area (TPSA) is 62.1 Å². The lowest BCUT2D eigenvalue weighted by Gasteiger charge is -2.10. The van der Waals surface area contributed by atoms with Gasteiger partial charge in [0.2, 0.25) is 0 Å². The number of carbonyl (C=O) groups excluding carboxylic acids is 1. The summed E-state index contributed by atoms with van der Waals surface area (Å²) in [6.07, 6.45) is 1.54. The molecule has 0 saturated carbocycles. The van der Waals surface area contributed by atoms with Gasteiger partial charge >= 0.3 is 0 Å². The van der Waals surface area contributed by atoms with Crippen LogP contribution in [0.3, 0.4) is 0 Å². The molecule has 1 N–H and O–H groups in total. The van der Waals surface area contributed by atoms with Gasteiger partial charge in [-0.05, 0) is 60.9 Å². The number of methoxy groups -OCH3 is 1. The van der Waals surface area contributed by atoms with E-state index in [4.69, 9.17) is 4.74 Å². The van der Waals surface area contributed by atoms with Crippen LogP contribution in [0.4, 0.5) is 5.69 Å². The van der Waals surface area contributed by atoms with E-state index in [1.165, 1.54) is 6.08 Å². The Morgan fingerprint density at radius 3 is 2.71 bits per heavy atom. The monoisotopic (exact) mass is 384 g/mol. The van der Waals surface area contributed by atoms with Gasteiger partial charge in [-0.25, -0.2) is 0 Å². The summed E-state index contributed by atoms with van der Waals surface area (Å²) in [5.74, 6) is 0.202. The smallest absolute Gasteiger partial charge is 0.266 e. The molecule has 0 aliphatic heterocycles. The second-order valence-electron chi connectivity index (χ2n) is 5.30. The van der Waals surface area contributed by atoms with E-state index in [1.54, 1.807) is 19.2 Å². The van der Waals surface area contributed by atoms with Crippen LogP contribution in [0.5, 0.6) is 5.75 Å². The van der Waals surface area contributed by atoms with Crippen molar-refractivity contribution in [2.75, 3.05) is 12.4 Å². The molecule has 0 spiro atoms. The summed E-state index contributed by atoms with van der Waals surface area (Å²) in [5.41, 5.74) is 3.48. The lowest BCUT2D eigenvalue weighted by atomic mass is 10.1. The Kier molecular flexibility index (Phi) is 5.78. The van der Waals surface area contributed by atoms with Crippen LogP contribution in [0.2, 0.25) is 0 Å². The molecular formula is C19H17BrN2O2. The number of hydrogen-bond acceptors (Lipinski definition) is 3. The molecule has 122 valence electrons. The summed E-state index contributed by atoms with van der Waals surface area (Å²) in [5, 5.41) is 12.1. The third-order valence-corrected chi connectivity index (χ3v) is 4.12. The number of carbonyl (C=O) groups is 1. The molecule has 4 nitrogen and oxygen atoms in total. The Morgan fingerprint density at radius 1 is 1.29 bits per heavy atom. The van der Waals surface area contributed by atoms with Crippen LogP contribution in [0, 0.1) is 25.2 Å². The van der Waals surface area contributed by atoms with Gasteiger partial charge in [-0.1, -0.05) is 28.1 Å². The van der Waals surface area contributed by atoms with E-state index in [9.17, 15) is 10.1 Å². The third kappa shape index (κ3) is 4.24. The Balaban J connectivity index is 2.31. The first kappa shape index (κ1) is 17.8. The molecule has 0 atom stereocenters. The van der Waals surface area contributed by atoms with Crippen molar-refractivity contribution >= 4 is 33.6 Å². The molecule has 24 heavy (non-hydrogen) atoms.